The van der Waals surface area contributed by atoms with Crippen molar-refractivity contribution in [2.24, 2.45) is 11.7 Å². The summed E-state index contributed by atoms with van der Waals surface area (Å²) in [6, 6.07) is -0.445. The highest BCUT2D eigenvalue weighted by Gasteiger charge is 2.22. The Kier molecular flexibility index (Phi) is 6.47. The summed E-state index contributed by atoms with van der Waals surface area (Å²) in [7, 11) is 3.44. The van der Waals surface area contributed by atoms with Crippen molar-refractivity contribution >= 4 is 5.91 Å². The van der Waals surface area contributed by atoms with E-state index in [1.807, 2.05) is 7.05 Å². The van der Waals surface area contributed by atoms with E-state index in [-0.39, 0.29) is 5.91 Å². The minimum atomic E-state index is -0.445. The number of rotatable bonds is 6. The first kappa shape index (κ1) is 14.4. The molecule has 1 heterocycles. The molecule has 0 aromatic heterocycles. The molecule has 1 unspecified atom stereocenters. The topological polar surface area (TPSA) is 64.8 Å². The van der Waals surface area contributed by atoms with Crippen LogP contribution in [-0.2, 0) is 14.3 Å². The number of carbonyl (C=O) groups excluding carboxylic acids is 1. The first-order valence-electron chi connectivity index (χ1n) is 6.22. The van der Waals surface area contributed by atoms with E-state index in [9.17, 15) is 4.79 Å². The van der Waals surface area contributed by atoms with E-state index in [0.717, 1.165) is 32.6 Å². The van der Waals surface area contributed by atoms with Crippen LogP contribution in [0.2, 0.25) is 0 Å². The van der Waals surface area contributed by atoms with E-state index >= 15 is 0 Å². The standard InChI is InChI=1S/C12H24N2O3/c1-14(9-10-3-7-17-8-4-10)12(15)11(13)5-6-16-2/h10-11H,3-9,13H2,1-2H3. The molecule has 1 amide bonds. The lowest BCUT2D eigenvalue weighted by Gasteiger charge is -2.28. The summed E-state index contributed by atoms with van der Waals surface area (Å²) >= 11 is 0. The summed E-state index contributed by atoms with van der Waals surface area (Å²) in [4.78, 5) is 13.7. The van der Waals surface area contributed by atoms with Crippen LogP contribution in [0.4, 0.5) is 0 Å². The first-order valence-corrected chi connectivity index (χ1v) is 6.22. The van der Waals surface area contributed by atoms with E-state index in [2.05, 4.69) is 0 Å². The molecule has 0 aromatic carbocycles. The molecule has 0 bridgehead atoms. The fourth-order valence-corrected chi connectivity index (χ4v) is 2.06. The van der Waals surface area contributed by atoms with Gasteiger partial charge in [0.2, 0.25) is 5.91 Å². The van der Waals surface area contributed by atoms with Crippen LogP contribution in [0.15, 0.2) is 0 Å². The van der Waals surface area contributed by atoms with Crippen molar-refractivity contribution in [3.8, 4) is 0 Å². The summed E-state index contributed by atoms with van der Waals surface area (Å²) in [5, 5.41) is 0. The number of nitrogens with two attached hydrogens (primary N) is 1. The van der Waals surface area contributed by atoms with Gasteiger partial charge in [-0.05, 0) is 25.2 Å². The van der Waals surface area contributed by atoms with E-state index in [1.165, 1.54) is 0 Å². The monoisotopic (exact) mass is 244 g/mol. The Morgan fingerprint density at radius 3 is 2.76 bits per heavy atom. The lowest BCUT2D eigenvalue weighted by Crippen LogP contribution is -2.44. The third-order valence-electron chi connectivity index (χ3n) is 3.20. The number of carbonyl (C=O) groups is 1. The third-order valence-corrected chi connectivity index (χ3v) is 3.20. The minimum Gasteiger partial charge on any atom is -0.385 e. The van der Waals surface area contributed by atoms with Crippen LogP contribution in [0.1, 0.15) is 19.3 Å². The predicted octanol–water partition coefficient (Wildman–Crippen LogP) is 0.235. The van der Waals surface area contributed by atoms with Gasteiger partial charge in [0.25, 0.3) is 0 Å². The van der Waals surface area contributed by atoms with Crippen molar-refractivity contribution in [3.63, 3.8) is 0 Å². The van der Waals surface area contributed by atoms with Crippen molar-refractivity contribution in [2.45, 2.75) is 25.3 Å². The highest BCUT2D eigenvalue weighted by molar-refractivity contribution is 5.81. The average Bonchev–Trinajstić information content (AvgIpc) is 2.36. The zero-order valence-corrected chi connectivity index (χ0v) is 10.9. The highest BCUT2D eigenvalue weighted by atomic mass is 16.5. The van der Waals surface area contributed by atoms with Gasteiger partial charge in [0, 0.05) is 40.5 Å². The quantitative estimate of drug-likeness (QED) is 0.726. The molecule has 5 heteroatoms. The van der Waals surface area contributed by atoms with Crippen molar-refractivity contribution in [3.05, 3.63) is 0 Å². The molecule has 0 aliphatic carbocycles. The molecule has 0 saturated carbocycles. The van der Waals surface area contributed by atoms with Gasteiger partial charge in [-0.3, -0.25) is 4.79 Å². The summed E-state index contributed by atoms with van der Waals surface area (Å²) in [5.74, 6) is 0.556. The van der Waals surface area contributed by atoms with E-state index in [4.69, 9.17) is 15.2 Å². The molecule has 0 aromatic rings. The highest BCUT2D eigenvalue weighted by Crippen LogP contribution is 2.15. The van der Waals surface area contributed by atoms with Gasteiger partial charge in [0.1, 0.15) is 0 Å². The molecular weight excluding hydrogens is 220 g/mol. The Morgan fingerprint density at radius 1 is 1.53 bits per heavy atom. The van der Waals surface area contributed by atoms with Gasteiger partial charge in [-0.1, -0.05) is 0 Å². The Labute approximate surface area is 103 Å². The molecule has 1 saturated heterocycles. The number of methoxy groups -OCH3 is 1. The maximum Gasteiger partial charge on any atom is 0.239 e. The molecule has 100 valence electrons. The van der Waals surface area contributed by atoms with E-state index < -0.39 is 6.04 Å². The number of nitrogens with zero attached hydrogens (tertiary/aromatic N) is 1. The van der Waals surface area contributed by atoms with Crippen molar-refractivity contribution < 1.29 is 14.3 Å². The lowest BCUT2D eigenvalue weighted by molar-refractivity contribution is -0.132. The second-order valence-corrected chi connectivity index (χ2v) is 4.66. The second kappa shape index (κ2) is 7.63. The zero-order valence-electron chi connectivity index (χ0n) is 10.9. The Morgan fingerprint density at radius 2 is 2.18 bits per heavy atom. The SMILES string of the molecule is COCCC(N)C(=O)N(C)CC1CCOCC1. The molecule has 1 aliphatic rings. The summed E-state index contributed by atoms with van der Waals surface area (Å²) in [6.45, 7) is 2.92. The normalized spacial score (nSPS) is 19.0. The molecule has 0 radical (unpaired) electrons. The smallest absolute Gasteiger partial charge is 0.239 e. The molecular formula is C12H24N2O3. The number of ether oxygens (including phenoxy) is 2. The fourth-order valence-electron chi connectivity index (χ4n) is 2.06. The largest absolute Gasteiger partial charge is 0.385 e. The predicted molar refractivity (Wildman–Crippen MR) is 65.6 cm³/mol. The van der Waals surface area contributed by atoms with Crippen LogP contribution in [0.25, 0.3) is 0 Å². The molecule has 5 nitrogen and oxygen atoms in total. The maximum absolute atomic E-state index is 11.9. The molecule has 17 heavy (non-hydrogen) atoms. The molecule has 0 spiro atoms. The van der Waals surface area contributed by atoms with Gasteiger partial charge in [0.15, 0.2) is 0 Å². The fraction of sp³-hybridized carbons (Fsp3) is 0.917. The Bertz CT molecular complexity index is 230. The molecule has 1 atom stereocenters. The van der Waals surface area contributed by atoms with Gasteiger partial charge in [-0.25, -0.2) is 0 Å². The van der Waals surface area contributed by atoms with E-state index in [1.54, 1.807) is 12.0 Å². The van der Waals surface area contributed by atoms with E-state index in [0.29, 0.717) is 18.9 Å². The summed E-state index contributed by atoms with van der Waals surface area (Å²) in [5.41, 5.74) is 5.81. The third kappa shape index (κ3) is 5.02. The number of amides is 1. The molecule has 1 rings (SSSR count). The summed E-state index contributed by atoms with van der Waals surface area (Å²) in [6.07, 6.45) is 2.64. The second-order valence-electron chi connectivity index (χ2n) is 4.66. The first-order chi connectivity index (χ1) is 8.15. The zero-order chi connectivity index (χ0) is 12.7. The average molecular weight is 244 g/mol. The van der Waals surface area contributed by atoms with Crippen LogP contribution in [0.3, 0.4) is 0 Å². The van der Waals surface area contributed by atoms with Gasteiger partial charge in [-0.2, -0.15) is 0 Å². The van der Waals surface area contributed by atoms with Gasteiger partial charge in [0.05, 0.1) is 6.04 Å². The van der Waals surface area contributed by atoms with Crippen molar-refractivity contribution in [2.75, 3.05) is 40.5 Å². The Balaban J connectivity index is 2.29. The molecule has 1 aliphatic heterocycles. The van der Waals surface area contributed by atoms with Gasteiger partial charge >= 0.3 is 0 Å². The van der Waals surface area contributed by atoms with Gasteiger partial charge < -0.3 is 20.1 Å². The van der Waals surface area contributed by atoms with Gasteiger partial charge in [-0.15, -0.1) is 0 Å². The minimum absolute atomic E-state index is 0.00791. The Hall–Kier alpha value is -0.650. The van der Waals surface area contributed by atoms with Crippen LogP contribution in [0, 0.1) is 5.92 Å². The summed E-state index contributed by atoms with van der Waals surface area (Å²) < 4.78 is 10.2. The maximum atomic E-state index is 11.9. The number of likely N-dealkylation sites (N-methyl/N-ethyl adjacent to an activating group) is 1. The molecule has 2 N–H and O–H groups in total. The van der Waals surface area contributed by atoms with Crippen LogP contribution >= 0.6 is 0 Å². The van der Waals surface area contributed by atoms with Crippen LogP contribution < -0.4 is 5.73 Å². The number of hydrogen-bond donors (Lipinski definition) is 1. The molecule has 1 fully saturated rings. The lowest BCUT2D eigenvalue weighted by atomic mass is 9.99. The number of hydrogen-bond acceptors (Lipinski definition) is 4. The van der Waals surface area contributed by atoms with Crippen LogP contribution in [0.5, 0.6) is 0 Å². The van der Waals surface area contributed by atoms with Crippen molar-refractivity contribution in [1.29, 1.82) is 0 Å². The van der Waals surface area contributed by atoms with Crippen molar-refractivity contribution in [1.82, 2.24) is 4.90 Å². The van der Waals surface area contributed by atoms with Crippen LogP contribution in [-0.4, -0.2) is 57.4 Å².